The Balaban J connectivity index is -0.0000000423. The number of nitrogens with zero attached hydrogens (tertiary/aromatic N) is 1. The molecule has 0 bridgehead atoms. The van der Waals surface area contributed by atoms with Crippen molar-refractivity contribution in [2.75, 3.05) is 0 Å². The minimum atomic E-state index is -0.504. The van der Waals surface area contributed by atoms with Crippen molar-refractivity contribution in [1.82, 2.24) is 5.48 Å². The van der Waals surface area contributed by atoms with Crippen LogP contribution in [0, 0.1) is 28.7 Å². The van der Waals surface area contributed by atoms with Crippen molar-refractivity contribution in [2.24, 2.45) is 0 Å². The number of hydrogen-bond acceptors (Lipinski definition) is 4. The Morgan fingerprint density at radius 2 is 1.02 bits per heavy atom. The largest absolute Gasteiger partial charge is 0.358 e. The van der Waals surface area contributed by atoms with Gasteiger partial charge in [0.25, 0.3) is 0 Å². The maximum atomic E-state index is 10.0. The van der Waals surface area contributed by atoms with Gasteiger partial charge in [-0.15, -0.1) is 24.0 Å². The summed E-state index contributed by atoms with van der Waals surface area (Å²) >= 11 is 9.54. The molecule has 0 atom stereocenters. The zero-order valence-corrected chi connectivity index (χ0v) is 47.7. The van der Waals surface area contributed by atoms with E-state index in [9.17, 15) is 10.0 Å². The van der Waals surface area contributed by atoms with Crippen molar-refractivity contribution in [3.63, 3.8) is 0 Å². The van der Waals surface area contributed by atoms with Crippen LogP contribution in [0.25, 0.3) is 0 Å². The van der Waals surface area contributed by atoms with Gasteiger partial charge in [-0.25, -0.2) is 5.48 Å². The Labute approximate surface area is 400 Å². The first-order chi connectivity index (χ1) is 18.7. The van der Waals surface area contributed by atoms with Crippen molar-refractivity contribution < 1.29 is 98.6 Å². The average molecular weight is 1460 g/mol. The van der Waals surface area contributed by atoms with Crippen LogP contribution in [-0.4, -0.2) is 38.7 Å². The number of hydroxylamine groups is 2. The average Bonchev–Trinajstić information content (AvgIpc) is 2.95. The smallest absolute Gasteiger partial charge is 0.219 e. The minimum absolute atomic E-state index is 0. The van der Waals surface area contributed by atoms with E-state index in [0.717, 1.165) is 22.2 Å². The van der Waals surface area contributed by atoms with E-state index < -0.39 is 11.1 Å². The first kappa shape index (κ1) is 74.3. The van der Waals surface area contributed by atoms with Crippen LogP contribution in [-0.2, 0) is 65.4 Å². The fourth-order valence-corrected chi connectivity index (χ4v) is 1.39. The second-order valence-electron chi connectivity index (χ2n) is 9.28. The number of rotatable bonds is 6. The molecule has 3 N–H and O–H groups in total. The van der Waals surface area contributed by atoms with Crippen molar-refractivity contribution in [1.29, 1.82) is 0 Å². The van der Waals surface area contributed by atoms with Gasteiger partial charge in [-0.05, 0) is 26.0 Å². The monoisotopic (exact) mass is 1460 g/mol. The first-order valence-electron chi connectivity index (χ1n) is 12.8. The molecule has 45 heavy (non-hydrogen) atoms. The molecule has 0 aromatic heterocycles. The van der Waals surface area contributed by atoms with Crippen molar-refractivity contribution in [3.8, 4) is 0 Å². The van der Waals surface area contributed by atoms with Crippen LogP contribution in [0.5, 0.6) is 0 Å². The molecular weight excluding hydrogens is 1400 g/mol. The molecule has 0 aliphatic heterocycles. The molecule has 0 unspecified atom stereocenters. The molecule has 0 fully saturated rings. The van der Waals surface area contributed by atoms with Gasteiger partial charge in [-0.3, -0.25) is 16.9 Å². The van der Waals surface area contributed by atoms with Gasteiger partial charge < -0.3 is 27.0 Å². The number of nitrogens with one attached hydrogen (secondary N) is 1. The summed E-state index contributed by atoms with van der Waals surface area (Å²) in [7, 11) is 0. The van der Waals surface area contributed by atoms with Crippen molar-refractivity contribution >= 4 is 111 Å². The fourth-order valence-electron chi connectivity index (χ4n) is 1.39. The number of halogens is 6. The number of carbonyl (C=O) groups excluding carboxylic acids is 1. The summed E-state index contributed by atoms with van der Waals surface area (Å²) in [5.74, 6) is 0. The SMILES string of the molecule is CCCC.CCCC.I.II.I[I-]I.O=Cc1ccccc1.[CH2-]C(C)(C)/[N+](O)=C/c1ccccc1.[CH2-]C(C)(C)NO.[CH3-].[CH3-].[Y].[Y]. The molecule has 2 rings (SSSR count). The molecule has 0 aliphatic rings. The zero-order valence-electron chi connectivity index (χ0n) is 28.9. The normalized spacial score (nSPS) is 8.82. The quantitative estimate of drug-likeness (QED) is 0.0513. The molecule has 2 aromatic carbocycles. The molecule has 13 heteroatoms. The van der Waals surface area contributed by atoms with E-state index in [1.54, 1.807) is 32.2 Å². The Morgan fingerprint density at radius 3 is 1.18 bits per heavy atom. The van der Waals surface area contributed by atoms with Gasteiger partial charge in [0.05, 0.1) is 5.54 Å². The van der Waals surface area contributed by atoms with Crippen LogP contribution in [0.15, 0.2) is 60.7 Å². The summed E-state index contributed by atoms with van der Waals surface area (Å²) in [6.07, 6.45) is 7.77. The predicted molar refractivity (Wildman–Crippen MR) is 235 cm³/mol. The summed E-state index contributed by atoms with van der Waals surface area (Å²) < 4.78 is 1.11. The fraction of sp³-hybridized carbons (Fsp3) is 0.438. The summed E-state index contributed by atoms with van der Waals surface area (Å²) in [6.45, 7) is 23.3. The number of benzene rings is 2. The number of hydrogen-bond donors (Lipinski definition) is 3. The topological polar surface area (TPSA) is 72.6 Å². The minimum Gasteiger partial charge on any atom is -0.358 e. The third-order valence-electron chi connectivity index (χ3n) is 3.93. The Morgan fingerprint density at radius 1 is 0.778 bits per heavy atom. The standard InChI is InChI=1S/C11H15NO.C7H6O.C4H10NO.2C4H10.2CH3.I3.I2.HI.2Y/c1-11(2,3)12(13)9-10-7-5-4-6-8-10;8-6-7-4-2-1-3-5-7;1-4(2,3)5-6;2*1-3-4-2;;;1-3-2;1-2;;;/h4-9,13H,1H2,2-3H3;1-6H;5-6H,1H2,2-3H3;2*3-4H2,1-2H3;2*1H3;;;1H;;/q;;-1;;;3*-1;;;;/b12-9-;;;;;;;;;;;. The van der Waals surface area contributed by atoms with Gasteiger partial charge >= 0.3 is 50.5 Å². The zero-order chi connectivity index (χ0) is 32.5. The van der Waals surface area contributed by atoms with E-state index in [1.165, 1.54) is 25.7 Å². The Bertz CT molecular complexity index is 776. The van der Waals surface area contributed by atoms with Crippen molar-refractivity contribution in [2.45, 2.75) is 92.2 Å². The molecule has 0 heterocycles. The van der Waals surface area contributed by atoms with Gasteiger partial charge in [0, 0.05) is 114 Å². The van der Waals surface area contributed by atoms with Gasteiger partial charge in [0.1, 0.15) is 6.29 Å². The number of unbranched alkanes of at least 4 members (excludes halogenated alkanes) is 2. The second-order valence-corrected chi connectivity index (χ2v) is 25.5. The van der Waals surface area contributed by atoms with Crippen LogP contribution in [0.4, 0.5) is 0 Å². The maximum absolute atomic E-state index is 10.0. The van der Waals surface area contributed by atoms with Gasteiger partial charge in [0.15, 0.2) is 0 Å². The molecule has 0 saturated carbocycles. The Hall–Kier alpha value is 4.09. The summed E-state index contributed by atoms with van der Waals surface area (Å²) in [6, 6.07) is 18.7. The van der Waals surface area contributed by atoms with E-state index in [-0.39, 0.29) is 104 Å². The second kappa shape index (κ2) is 57.4. The van der Waals surface area contributed by atoms with Gasteiger partial charge in [0.2, 0.25) is 6.21 Å². The first-order valence-corrected chi connectivity index (χ1v) is 31.6. The summed E-state index contributed by atoms with van der Waals surface area (Å²) in [4.78, 5) is 10.0. The van der Waals surface area contributed by atoms with Crippen molar-refractivity contribution in [3.05, 3.63) is 100 Å². The van der Waals surface area contributed by atoms with Gasteiger partial charge in [-0.2, -0.15) is 0 Å². The van der Waals surface area contributed by atoms with Crippen LogP contribution in [0.2, 0.25) is 0 Å². The number of aldehydes is 1. The van der Waals surface area contributed by atoms with Gasteiger partial charge in [-0.1, -0.05) is 126 Å². The molecule has 2 radical (unpaired) electrons. The third kappa shape index (κ3) is 74.3. The molecular formula is C32H58I6N2O3Y2-4. The molecule has 5 nitrogen and oxygen atoms in total. The van der Waals surface area contributed by atoms with Crippen LogP contribution in [0.1, 0.15) is 97.0 Å². The maximum Gasteiger partial charge on any atom is 0.219 e. The van der Waals surface area contributed by atoms with E-state index >= 15 is 0 Å². The molecule has 0 amide bonds. The summed E-state index contributed by atoms with van der Waals surface area (Å²) in [5.41, 5.74) is 2.78. The Kier molecular flexibility index (Phi) is 94.8. The number of carbonyl (C=O) groups is 1. The van der Waals surface area contributed by atoms with E-state index in [4.69, 9.17) is 5.21 Å². The molecule has 266 valence electrons. The summed E-state index contributed by atoms with van der Waals surface area (Å²) in [5, 5.41) is 17.6. The molecule has 0 aliphatic carbocycles. The molecule has 2 aromatic rings. The van der Waals surface area contributed by atoms with E-state index in [1.807, 2.05) is 67.9 Å². The van der Waals surface area contributed by atoms with Crippen LogP contribution < -0.4 is 18.7 Å². The van der Waals surface area contributed by atoms with Crippen LogP contribution >= 0.6 is 98.4 Å². The predicted octanol–water partition coefficient (Wildman–Crippen LogP) is 9.87. The van der Waals surface area contributed by atoms with E-state index in [2.05, 4.69) is 116 Å². The molecule has 0 spiro atoms. The third-order valence-corrected chi connectivity index (χ3v) is 3.93. The van der Waals surface area contributed by atoms with E-state index in [0.29, 0.717) is 13.3 Å². The van der Waals surface area contributed by atoms with Crippen LogP contribution in [0.3, 0.4) is 0 Å². The molecule has 0 saturated heterocycles.